The first kappa shape index (κ1) is 19.8. The second-order valence-corrected chi connectivity index (χ2v) is 5.31. The monoisotopic (exact) mass is 371 g/mol. The maximum Gasteiger partial charge on any atom is 0.340 e. The molecule has 27 heavy (non-hydrogen) atoms. The Labute approximate surface area is 157 Å². The summed E-state index contributed by atoms with van der Waals surface area (Å²) in [6.07, 6.45) is 2.96. The maximum absolute atomic E-state index is 12.3. The van der Waals surface area contributed by atoms with Gasteiger partial charge in [-0.25, -0.2) is 4.79 Å². The van der Waals surface area contributed by atoms with Crippen LogP contribution in [0.2, 0.25) is 0 Å². The van der Waals surface area contributed by atoms with E-state index < -0.39 is 11.9 Å². The summed E-state index contributed by atoms with van der Waals surface area (Å²) < 4.78 is 20.4. The van der Waals surface area contributed by atoms with Gasteiger partial charge in [-0.3, -0.25) is 4.79 Å². The number of para-hydroxylation sites is 1. The van der Waals surface area contributed by atoms with Crippen molar-refractivity contribution in [3.05, 3.63) is 53.6 Å². The highest BCUT2D eigenvalue weighted by Gasteiger charge is 2.18. The minimum Gasteiger partial charge on any atom is -0.496 e. The molecule has 0 unspecified atom stereocenters. The summed E-state index contributed by atoms with van der Waals surface area (Å²) in [5.41, 5.74) is 1.14. The number of hydrogen-bond acceptors (Lipinski definition) is 6. The molecule has 2 rings (SSSR count). The van der Waals surface area contributed by atoms with Crippen molar-refractivity contribution in [2.45, 2.75) is 0 Å². The second kappa shape index (κ2) is 9.28. The number of anilines is 1. The Kier molecular flexibility index (Phi) is 6.82. The zero-order valence-corrected chi connectivity index (χ0v) is 15.6. The largest absolute Gasteiger partial charge is 0.496 e. The molecule has 0 bridgehead atoms. The van der Waals surface area contributed by atoms with Crippen LogP contribution in [0.1, 0.15) is 15.9 Å². The third kappa shape index (κ3) is 4.78. The molecule has 2 aromatic carbocycles. The number of rotatable bonds is 7. The number of ether oxygens (including phenoxy) is 4. The van der Waals surface area contributed by atoms with Crippen LogP contribution in [0.25, 0.3) is 6.08 Å². The molecule has 0 heterocycles. The van der Waals surface area contributed by atoms with Gasteiger partial charge in [0, 0.05) is 23.8 Å². The number of carbonyl (C=O) groups is 2. The Hall–Kier alpha value is -3.48. The number of carbonyl (C=O) groups excluding carboxylic acids is 2. The molecule has 0 aliphatic heterocycles. The van der Waals surface area contributed by atoms with E-state index in [1.807, 2.05) is 18.2 Å². The van der Waals surface area contributed by atoms with Gasteiger partial charge in [0.05, 0.1) is 39.7 Å². The van der Waals surface area contributed by atoms with Gasteiger partial charge in [-0.15, -0.1) is 0 Å². The Morgan fingerprint density at radius 3 is 2.15 bits per heavy atom. The van der Waals surface area contributed by atoms with Crippen LogP contribution in [0, 0.1) is 0 Å². The highest BCUT2D eigenvalue weighted by molar-refractivity contribution is 6.07. The van der Waals surface area contributed by atoms with Crippen LogP contribution >= 0.6 is 0 Å². The van der Waals surface area contributed by atoms with Crippen LogP contribution in [0.15, 0.2) is 42.5 Å². The SMILES string of the molecule is COC(=O)c1cc(OC)c(OC)cc1NC(=O)/C=C/c1ccccc1OC. The number of amides is 1. The van der Waals surface area contributed by atoms with Crippen LogP contribution < -0.4 is 19.5 Å². The molecule has 0 aliphatic carbocycles. The van der Waals surface area contributed by atoms with Crippen LogP contribution in [-0.2, 0) is 9.53 Å². The first-order chi connectivity index (χ1) is 13.0. The van der Waals surface area contributed by atoms with E-state index in [9.17, 15) is 9.59 Å². The van der Waals surface area contributed by atoms with Crippen molar-refractivity contribution in [2.24, 2.45) is 0 Å². The van der Waals surface area contributed by atoms with Gasteiger partial charge >= 0.3 is 5.97 Å². The molecule has 0 radical (unpaired) electrons. The fourth-order valence-corrected chi connectivity index (χ4v) is 2.41. The van der Waals surface area contributed by atoms with E-state index in [1.165, 1.54) is 39.5 Å². The third-order valence-electron chi connectivity index (χ3n) is 3.74. The van der Waals surface area contributed by atoms with Crippen molar-refractivity contribution >= 4 is 23.6 Å². The van der Waals surface area contributed by atoms with E-state index in [4.69, 9.17) is 18.9 Å². The van der Waals surface area contributed by atoms with Gasteiger partial charge < -0.3 is 24.3 Å². The molecule has 0 fully saturated rings. The van der Waals surface area contributed by atoms with Crippen LogP contribution in [0.5, 0.6) is 17.2 Å². The summed E-state index contributed by atoms with van der Waals surface area (Å²) in [4.78, 5) is 24.4. The van der Waals surface area contributed by atoms with Gasteiger partial charge in [0.25, 0.3) is 0 Å². The van der Waals surface area contributed by atoms with Crippen molar-refractivity contribution in [1.29, 1.82) is 0 Å². The van der Waals surface area contributed by atoms with E-state index in [1.54, 1.807) is 19.3 Å². The van der Waals surface area contributed by atoms with Gasteiger partial charge in [-0.2, -0.15) is 0 Å². The summed E-state index contributed by atoms with van der Waals surface area (Å²) in [6.45, 7) is 0. The molecule has 0 saturated carbocycles. The fraction of sp³-hybridized carbons (Fsp3) is 0.200. The third-order valence-corrected chi connectivity index (χ3v) is 3.74. The minimum atomic E-state index is -0.611. The summed E-state index contributed by atoms with van der Waals surface area (Å²) >= 11 is 0. The Balaban J connectivity index is 2.30. The molecule has 0 aromatic heterocycles. The molecule has 2 aromatic rings. The molecule has 142 valence electrons. The molecule has 0 atom stereocenters. The lowest BCUT2D eigenvalue weighted by molar-refractivity contribution is -0.111. The smallest absolute Gasteiger partial charge is 0.340 e. The lowest BCUT2D eigenvalue weighted by Crippen LogP contribution is -2.13. The highest BCUT2D eigenvalue weighted by atomic mass is 16.5. The first-order valence-electron chi connectivity index (χ1n) is 8.00. The van der Waals surface area contributed by atoms with Crippen LogP contribution in [0.4, 0.5) is 5.69 Å². The summed E-state index contributed by atoms with van der Waals surface area (Å²) in [5, 5.41) is 2.66. The summed E-state index contributed by atoms with van der Waals surface area (Å²) in [5.74, 6) is 0.316. The number of nitrogens with one attached hydrogen (secondary N) is 1. The fourth-order valence-electron chi connectivity index (χ4n) is 2.41. The Morgan fingerprint density at radius 1 is 0.889 bits per heavy atom. The van der Waals surface area contributed by atoms with Crippen LogP contribution in [0.3, 0.4) is 0 Å². The average Bonchev–Trinajstić information content (AvgIpc) is 2.71. The van der Waals surface area contributed by atoms with E-state index in [2.05, 4.69) is 5.32 Å². The predicted molar refractivity (Wildman–Crippen MR) is 102 cm³/mol. The zero-order chi connectivity index (χ0) is 19.8. The number of hydrogen-bond donors (Lipinski definition) is 1. The van der Waals surface area contributed by atoms with Gasteiger partial charge in [0.15, 0.2) is 11.5 Å². The average molecular weight is 371 g/mol. The van der Waals surface area contributed by atoms with Crippen LogP contribution in [-0.4, -0.2) is 40.3 Å². The molecule has 0 saturated heterocycles. The first-order valence-corrected chi connectivity index (χ1v) is 8.00. The van der Waals surface area contributed by atoms with Gasteiger partial charge in [-0.05, 0) is 12.1 Å². The lowest BCUT2D eigenvalue weighted by atomic mass is 10.1. The van der Waals surface area contributed by atoms with Crippen molar-refractivity contribution in [3.8, 4) is 17.2 Å². The number of methoxy groups -OCH3 is 4. The van der Waals surface area contributed by atoms with E-state index in [0.717, 1.165) is 5.56 Å². The molecular weight excluding hydrogens is 350 g/mol. The second-order valence-electron chi connectivity index (χ2n) is 5.31. The molecule has 1 N–H and O–H groups in total. The van der Waals surface area contributed by atoms with E-state index in [-0.39, 0.29) is 11.3 Å². The van der Waals surface area contributed by atoms with Gasteiger partial charge in [-0.1, -0.05) is 18.2 Å². The van der Waals surface area contributed by atoms with Gasteiger partial charge in [0.1, 0.15) is 5.75 Å². The Morgan fingerprint density at radius 2 is 1.52 bits per heavy atom. The quantitative estimate of drug-likeness (QED) is 0.595. The van der Waals surface area contributed by atoms with Crippen molar-refractivity contribution in [3.63, 3.8) is 0 Å². The van der Waals surface area contributed by atoms with Gasteiger partial charge in [0.2, 0.25) is 5.91 Å². The molecular formula is C20H21NO6. The van der Waals surface area contributed by atoms with Crippen molar-refractivity contribution < 1.29 is 28.5 Å². The summed E-state index contributed by atoms with van der Waals surface area (Å²) in [7, 11) is 5.72. The zero-order valence-electron chi connectivity index (χ0n) is 15.6. The number of esters is 1. The van der Waals surface area contributed by atoms with Crippen molar-refractivity contribution in [1.82, 2.24) is 0 Å². The van der Waals surface area contributed by atoms with E-state index >= 15 is 0 Å². The maximum atomic E-state index is 12.3. The van der Waals surface area contributed by atoms with E-state index in [0.29, 0.717) is 17.2 Å². The normalized spacial score (nSPS) is 10.4. The molecule has 0 aliphatic rings. The molecule has 0 spiro atoms. The lowest BCUT2D eigenvalue weighted by Gasteiger charge is -2.14. The predicted octanol–water partition coefficient (Wildman–Crippen LogP) is 3.15. The standard InChI is InChI=1S/C20H21NO6/c1-24-16-8-6-5-7-13(16)9-10-19(22)21-15-12-18(26-3)17(25-2)11-14(15)20(23)27-4/h5-12H,1-4H3,(H,21,22)/b10-9+. The van der Waals surface area contributed by atoms with Crippen molar-refractivity contribution in [2.75, 3.05) is 33.8 Å². The molecule has 7 nitrogen and oxygen atoms in total. The number of benzene rings is 2. The summed E-state index contributed by atoms with van der Waals surface area (Å²) in [6, 6.07) is 10.2. The molecule has 1 amide bonds. The highest BCUT2D eigenvalue weighted by Crippen LogP contribution is 2.33. The minimum absolute atomic E-state index is 0.147. The molecule has 7 heteroatoms. The Bertz CT molecular complexity index is 860. The topological polar surface area (TPSA) is 83.1 Å².